The summed E-state index contributed by atoms with van der Waals surface area (Å²) in [5.74, 6) is 2.33. The Morgan fingerprint density at radius 1 is 0.350 bits per heavy atom. The van der Waals surface area contributed by atoms with Gasteiger partial charge in [-0.2, -0.15) is 0 Å². The highest BCUT2D eigenvalue weighted by Gasteiger charge is 2.51. The molecule has 0 amide bonds. The van der Waals surface area contributed by atoms with E-state index in [9.17, 15) is 0 Å². The van der Waals surface area contributed by atoms with E-state index < -0.39 is 5.41 Å². The van der Waals surface area contributed by atoms with Crippen LogP contribution in [0, 0.1) is 0 Å². The fraction of sp³-hybridized carbons (Fsp3) is 0.0179. The van der Waals surface area contributed by atoms with Gasteiger partial charge in [0.15, 0.2) is 5.82 Å². The molecule has 1 aliphatic carbocycles. The molecule has 0 radical (unpaired) electrons. The van der Waals surface area contributed by atoms with Crippen LogP contribution in [0.3, 0.4) is 0 Å². The fourth-order valence-electron chi connectivity index (χ4n) is 9.49. The van der Waals surface area contributed by atoms with E-state index in [1.165, 1.54) is 22.3 Å². The van der Waals surface area contributed by atoms with Gasteiger partial charge in [-0.25, -0.2) is 9.97 Å². The van der Waals surface area contributed by atoms with Crippen molar-refractivity contribution in [1.82, 2.24) is 15.0 Å². The lowest BCUT2D eigenvalue weighted by Gasteiger charge is -2.40. The van der Waals surface area contributed by atoms with Crippen LogP contribution in [0.5, 0.6) is 11.5 Å². The molecule has 0 atom stereocenters. The second-order valence-electron chi connectivity index (χ2n) is 15.5. The number of aromatic nitrogens is 3. The lowest BCUT2D eigenvalue weighted by molar-refractivity contribution is 0.436. The van der Waals surface area contributed by atoms with E-state index in [0.29, 0.717) is 5.82 Å². The third-order valence-corrected chi connectivity index (χ3v) is 12.2. The van der Waals surface area contributed by atoms with Gasteiger partial charge < -0.3 is 4.74 Å². The van der Waals surface area contributed by atoms with Gasteiger partial charge in [0.2, 0.25) is 0 Å². The minimum Gasteiger partial charge on any atom is -0.457 e. The van der Waals surface area contributed by atoms with Crippen molar-refractivity contribution in [2.45, 2.75) is 5.41 Å². The molecule has 4 heteroatoms. The zero-order chi connectivity index (χ0) is 39.6. The van der Waals surface area contributed by atoms with Gasteiger partial charge in [0, 0.05) is 45.0 Å². The van der Waals surface area contributed by atoms with E-state index in [4.69, 9.17) is 19.7 Å². The van der Waals surface area contributed by atoms with E-state index in [1.54, 1.807) is 0 Å². The van der Waals surface area contributed by atoms with Crippen molar-refractivity contribution >= 4 is 10.9 Å². The fourth-order valence-corrected chi connectivity index (χ4v) is 9.49. The van der Waals surface area contributed by atoms with E-state index in [0.717, 1.165) is 83.9 Å². The zero-order valence-corrected chi connectivity index (χ0v) is 32.5. The number of ether oxygens (including phenoxy) is 1. The Morgan fingerprint density at radius 3 is 1.52 bits per heavy atom. The summed E-state index contributed by atoms with van der Waals surface area (Å²) >= 11 is 0. The van der Waals surface area contributed by atoms with Crippen LogP contribution in [0.1, 0.15) is 22.3 Å². The molecule has 4 nitrogen and oxygen atoms in total. The molecular formula is C56H35N3O. The number of hydrogen-bond donors (Lipinski definition) is 0. The number of hydrogen-bond acceptors (Lipinski definition) is 4. The Labute approximate surface area is 348 Å². The summed E-state index contributed by atoms with van der Waals surface area (Å²) in [6.07, 6.45) is 1.86. The van der Waals surface area contributed by atoms with Crippen molar-refractivity contribution in [3.8, 4) is 78.8 Å². The Kier molecular flexibility index (Phi) is 7.72. The van der Waals surface area contributed by atoms with E-state index in [2.05, 4.69) is 188 Å². The second-order valence-corrected chi connectivity index (χ2v) is 15.5. The number of pyridine rings is 1. The summed E-state index contributed by atoms with van der Waals surface area (Å²) in [6, 6.07) is 73.0. The second kappa shape index (κ2) is 13.6. The highest BCUT2D eigenvalue weighted by Crippen LogP contribution is 2.62. The Morgan fingerprint density at radius 2 is 0.867 bits per heavy atom. The van der Waals surface area contributed by atoms with Gasteiger partial charge in [-0.15, -0.1) is 0 Å². The molecule has 0 fully saturated rings. The van der Waals surface area contributed by atoms with Crippen molar-refractivity contribution < 1.29 is 4.74 Å². The first kappa shape index (κ1) is 34.1. The molecule has 12 rings (SSSR count). The summed E-state index contributed by atoms with van der Waals surface area (Å²) in [7, 11) is 0. The molecular weight excluding hydrogens is 731 g/mol. The summed E-state index contributed by atoms with van der Waals surface area (Å²) in [4.78, 5) is 15.2. The summed E-state index contributed by atoms with van der Waals surface area (Å²) < 4.78 is 6.93. The van der Waals surface area contributed by atoms with Crippen LogP contribution < -0.4 is 4.74 Å². The van der Waals surface area contributed by atoms with Crippen LogP contribution in [0.15, 0.2) is 212 Å². The minimum absolute atomic E-state index is 0.661. The number of rotatable bonds is 5. The SMILES string of the molecule is c1ccc(-c2cc(-c3ccccc3)nc(-c3ccc4c(c3)C3(c5cc(-c6ccc(-c7cccc8cccnc78)cc6)ccc5O4)c4ccccc4-c4ccccc43)n2)cc1. The third-order valence-electron chi connectivity index (χ3n) is 12.2. The van der Waals surface area contributed by atoms with Gasteiger partial charge in [0.05, 0.1) is 22.3 Å². The molecule has 2 aromatic heterocycles. The number of fused-ring (bicyclic) bond motifs is 10. The molecule has 60 heavy (non-hydrogen) atoms. The summed E-state index contributed by atoms with van der Waals surface area (Å²) in [5.41, 5.74) is 16.7. The third kappa shape index (κ3) is 5.28. The van der Waals surface area contributed by atoms with Crippen LogP contribution in [-0.2, 0) is 5.41 Å². The van der Waals surface area contributed by atoms with Gasteiger partial charge in [-0.1, -0.05) is 164 Å². The molecule has 0 unspecified atom stereocenters. The average molecular weight is 766 g/mol. The zero-order valence-electron chi connectivity index (χ0n) is 32.5. The van der Waals surface area contributed by atoms with Gasteiger partial charge in [0.25, 0.3) is 0 Å². The lowest BCUT2D eigenvalue weighted by atomic mass is 9.65. The molecule has 0 bridgehead atoms. The predicted octanol–water partition coefficient (Wildman–Crippen LogP) is 13.8. The standard InChI is InChI=1S/C56H35N3O/c1-3-13-38(14-4-1)50-35-51(39-15-5-2-6-16-39)59-55(58-50)42-29-31-53-49(34-42)56(46-22-9-7-19-44(46)45-20-8-10-23-47(45)56)48-33-41(28-30-52(48)60-53)36-24-26-37(27-25-36)43-21-11-17-40-18-12-32-57-54(40)43/h1-35H. The average Bonchev–Trinajstić information content (AvgIpc) is 3.62. The van der Waals surface area contributed by atoms with Gasteiger partial charge >= 0.3 is 0 Å². The van der Waals surface area contributed by atoms with E-state index in [1.807, 2.05) is 24.4 Å². The van der Waals surface area contributed by atoms with Crippen LogP contribution in [-0.4, -0.2) is 15.0 Å². The molecule has 2 aliphatic rings. The van der Waals surface area contributed by atoms with Crippen LogP contribution in [0.2, 0.25) is 0 Å². The van der Waals surface area contributed by atoms with Crippen LogP contribution in [0.4, 0.5) is 0 Å². The van der Waals surface area contributed by atoms with Crippen molar-refractivity contribution in [3.63, 3.8) is 0 Å². The van der Waals surface area contributed by atoms with Crippen LogP contribution in [0.25, 0.3) is 78.2 Å². The van der Waals surface area contributed by atoms with Crippen molar-refractivity contribution in [2.24, 2.45) is 0 Å². The van der Waals surface area contributed by atoms with Crippen molar-refractivity contribution in [3.05, 3.63) is 235 Å². The Hall–Kier alpha value is -7.95. The Bertz CT molecular complexity index is 3180. The normalized spacial score (nSPS) is 12.9. The van der Waals surface area contributed by atoms with E-state index >= 15 is 0 Å². The van der Waals surface area contributed by atoms with E-state index in [-0.39, 0.29) is 0 Å². The number of nitrogens with zero attached hydrogens (tertiary/aromatic N) is 3. The monoisotopic (exact) mass is 765 g/mol. The smallest absolute Gasteiger partial charge is 0.160 e. The molecule has 1 spiro atoms. The molecule has 1 aliphatic heterocycles. The van der Waals surface area contributed by atoms with Crippen molar-refractivity contribution in [2.75, 3.05) is 0 Å². The maximum atomic E-state index is 6.93. The minimum atomic E-state index is -0.671. The number of para-hydroxylation sites is 1. The van der Waals surface area contributed by atoms with Crippen molar-refractivity contribution in [1.29, 1.82) is 0 Å². The number of benzene rings is 8. The molecule has 10 aromatic rings. The molecule has 0 saturated heterocycles. The highest BCUT2D eigenvalue weighted by atomic mass is 16.5. The maximum absolute atomic E-state index is 6.93. The van der Waals surface area contributed by atoms with Crippen LogP contribution >= 0.6 is 0 Å². The Balaban J connectivity index is 1.05. The quantitative estimate of drug-likeness (QED) is 0.175. The van der Waals surface area contributed by atoms with Gasteiger partial charge in [0.1, 0.15) is 11.5 Å². The molecule has 0 saturated carbocycles. The maximum Gasteiger partial charge on any atom is 0.160 e. The highest BCUT2D eigenvalue weighted by molar-refractivity contribution is 5.94. The topological polar surface area (TPSA) is 47.9 Å². The molecule has 0 N–H and O–H groups in total. The molecule has 280 valence electrons. The predicted molar refractivity (Wildman–Crippen MR) is 242 cm³/mol. The molecule has 3 heterocycles. The summed E-state index contributed by atoms with van der Waals surface area (Å²) in [5, 5.41) is 1.13. The lowest BCUT2D eigenvalue weighted by Crippen LogP contribution is -2.32. The molecule has 8 aromatic carbocycles. The summed E-state index contributed by atoms with van der Waals surface area (Å²) in [6.45, 7) is 0. The first-order valence-corrected chi connectivity index (χ1v) is 20.3. The van der Waals surface area contributed by atoms with Gasteiger partial charge in [-0.3, -0.25) is 4.98 Å². The largest absolute Gasteiger partial charge is 0.457 e. The first-order valence-electron chi connectivity index (χ1n) is 20.3. The first-order chi connectivity index (χ1) is 29.7. The van der Waals surface area contributed by atoms with Gasteiger partial charge in [-0.05, 0) is 81.4 Å².